The quantitative estimate of drug-likeness (QED) is 0.152. The lowest BCUT2D eigenvalue weighted by Gasteiger charge is -2.62. The van der Waals surface area contributed by atoms with E-state index >= 15 is 0 Å². The lowest BCUT2D eigenvalue weighted by Crippen LogP contribution is -2.66. The number of rotatable bonds is 8. The first-order valence-electron chi connectivity index (χ1n) is 21.2. The summed E-state index contributed by atoms with van der Waals surface area (Å²) in [6.07, 6.45) is -12.6. The second kappa shape index (κ2) is 16.3. The summed E-state index contributed by atoms with van der Waals surface area (Å²) in [5.41, 5.74) is 0.364. The molecule has 3 aliphatic heterocycles. The Morgan fingerprint density at radius 1 is 0.695 bits per heavy atom. The molecule has 8 rings (SSSR count). The summed E-state index contributed by atoms with van der Waals surface area (Å²) in [6.45, 7) is 6.87. The molecule has 59 heavy (non-hydrogen) atoms. The molecule has 1 aromatic rings. The minimum atomic E-state index is -1.78. The zero-order chi connectivity index (χ0) is 42.3. The highest BCUT2D eigenvalue weighted by molar-refractivity contribution is 5.31. The Balaban J connectivity index is 0.998. The van der Waals surface area contributed by atoms with Gasteiger partial charge in [-0.2, -0.15) is 0 Å². The molecule has 4 heterocycles. The van der Waals surface area contributed by atoms with Crippen molar-refractivity contribution in [3.05, 3.63) is 46.0 Å². The van der Waals surface area contributed by atoms with Gasteiger partial charge in [0.2, 0.25) is 0 Å². The number of ether oxygens (including phenoxy) is 6. The maximum Gasteiger partial charge on any atom is 0.335 e. The molecule has 4 aliphatic carbocycles. The van der Waals surface area contributed by atoms with Gasteiger partial charge in [-0.25, -0.2) is 4.79 Å². The van der Waals surface area contributed by atoms with E-state index in [9.17, 15) is 50.8 Å². The fraction of sp³-hybridized carbons (Fsp3) is 0.833. The first-order valence-corrected chi connectivity index (χ1v) is 21.2. The topological polar surface area (TPSA) is 268 Å². The van der Waals surface area contributed by atoms with Gasteiger partial charge in [-0.05, 0) is 100 Å². The van der Waals surface area contributed by atoms with E-state index in [4.69, 9.17) is 32.8 Å². The predicted molar refractivity (Wildman–Crippen MR) is 202 cm³/mol. The average molecular weight is 839 g/mol. The van der Waals surface area contributed by atoms with Gasteiger partial charge < -0.3 is 78.8 Å². The molecule has 6 fully saturated rings. The van der Waals surface area contributed by atoms with Gasteiger partial charge in [0.25, 0.3) is 0 Å². The lowest BCUT2D eigenvalue weighted by molar-refractivity contribution is -0.384. The minimum Gasteiger partial charge on any atom is -0.431 e. The van der Waals surface area contributed by atoms with E-state index in [1.54, 1.807) is 13.2 Å². The second-order valence-corrected chi connectivity index (χ2v) is 18.7. The monoisotopic (exact) mass is 838 g/mol. The molecule has 22 atom stereocenters. The van der Waals surface area contributed by atoms with Crippen LogP contribution in [0.2, 0.25) is 0 Å². The molecule has 9 N–H and O–H groups in total. The summed E-state index contributed by atoms with van der Waals surface area (Å²) in [5, 5.41) is 97.6. The molecule has 0 spiro atoms. The van der Waals surface area contributed by atoms with E-state index < -0.39 is 116 Å². The Labute approximate surface area is 342 Å². The van der Waals surface area contributed by atoms with Crippen LogP contribution in [0.3, 0.4) is 0 Å². The number of hydrogen-bond acceptors (Lipinski definition) is 17. The molecule has 17 nitrogen and oxygen atoms in total. The highest BCUT2D eigenvalue weighted by Gasteiger charge is 2.67. The third-order valence-corrected chi connectivity index (χ3v) is 15.7. The fourth-order valence-electron chi connectivity index (χ4n) is 12.1. The molecule has 17 heteroatoms. The number of allylic oxidation sites excluding steroid dienone is 1. The largest absolute Gasteiger partial charge is 0.431 e. The zero-order valence-corrected chi connectivity index (χ0v) is 33.9. The first-order chi connectivity index (χ1) is 27.9. The van der Waals surface area contributed by atoms with Gasteiger partial charge in [0.05, 0.1) is 36.8 Å². The first kappa shape index (κ1) is 43.7. The minimum absolute atomic E-state index is 0.0824. The van der Waals surface area contributed by atoms with Gasteiger partial charge in [-0.15, -0.1) is 0 Å². The Morgan fingerprint density at radius 2 is 1.36 bits per heavy atom. The van der Waals surface area contributed by atoms with Crippen LogP contribution < -0.4 is 5.63 Å². The Kier molecular flexibility index (Phi) is 12.1. The van der Waals surface area contributed by atoms with E-state index in [0.29, 0.717) is 12.8 Å². The molecule has 0 amide bonds. The number of fused-ring (bicyclic) bond motifs is 5. The second-order valence-electron chi connectivity index (χ2n) is 18.7. The van der Waals surface area contributed by atoms with Crippen LogP contribution in [-0.2, 0) is 28.4 Å². The lowest BCUT2D eigenvalue weighted by atomic mass is 9.45. The summed E-state index contributed by atoms with van der Waals surface area (Å²) in [7, 11) is 0. The van der Waals surface area contributed by atoms with Gasteiger partial charge in [-0.3, -0.25) is 0 Å². The molecular weight excluding hydrogens is 776 g/mol. The van der Waals surface area contributed by atoms with E-state index in [2.05, 4.69) is 19.9 Å². The Hall–Kier alpha value is -1.91. The number of aliphatic hydroxyl groups is 9. The van der Waals surface area contributed by atoms with Gasteiger partial charge in [0, 0.05) is 11.5 Å². The van der Waals surface area contributed by atoms with Crippen LogP contribution in [0, 0.1) is 22.7 Å². The van der Waals surface area contributed by atoms with E-state index in [0.717, 1.165) is 44.1 Å². The highest BCUT2D eigenvalue weighted by atomic mass is 16.8. The average Bonchev–Trinajstić information content (AvgIpc) is 3.50. The number of hydrogen-bond donors (Lipinski definition) is 9. The highest BCUT2D eigenvalue weighted by Crippen LogP contribution is 2.70. The van der Waals surface area contributed by atoms with Crippen LogP contribution in [0.4, 0.5) is 0 Å². The van der Waals surface area contributed by atoms with Crippen LogP contribution >= 0.6 is 0 Å². The van der Waals surface area contributed by atoms with Crippen molar-refractivity contribution in [1.82, 2.24) is 0 Å². The third kappa shape index (κ3) is 7.28. The molecule has 1 aromatic heterocycles. The van der Waals surface area contributed by atoms with E-state index in [1.165, 1.54) is 18.6 Å². The zero-order valence-electron chi connectivity index (χ0n) is 33.9. The summed E-state index contributed by atoms with van der Waals surface area (Å²) in [5.74, 6) is 0.407. The third-order valence-electron chi connectivity index (χ3n) is 15.7. The Morgan fingerprint density at radius 3 is 2.05 bits per heavy atom. The smallest absolute Gasteiger partial charge is 0.335 e. The van der Waals surface area contributed by atoms with E-state index in [1.807, 2.05) is 6.07 Å². The van der Waals surface area contributed by atoms with Crippen LogP contribution in [0.15, 0.2) is 39.3 Å². The SMILES string of the molecule is C[C@H]1O[C@@H](O[C@H]2[C@@H](O)[C@@H](O[C@H]3C=C4CC[C@@H]5[C@H](CC[C@@]6(C)[C@@H](c7ccc(=O)oc7)CC[C@]56O)[C@@]4(C)CC3)O[C@H](C)[C@H]2O[C@H]2O[C@@H](CO)[C@H](O)[C@@H](O)[C@@H]2O)[C@H](O)[C@H](O)[C@@H]1O. The maximum atomic E-state index is 12.7. The molecular formula is C42H62O17. The molecule has 332 valence electrons. The van der Waals surface area contributed by atoms with Crippen molar-refractivity contribution in [2.45, 2.75) is 189 Å². The molecule has 7 aliphatic rings. The predicted octanol–water partition coefficient (Wildman–Crippen LogP) is -0.310. The van der Waals surface area contributed by atoms with Crippen LogP contribution in [-0.4, -0.2) is 156 Å². The summed E-state index contributed by atoms with van der Waals surface area (Å²) < 4.78 is 41.5. The fourth-order valence-corrected chi connectivity index (χ4v) is 12.1. The standard InChI is InChI=1S/C42H62O17/c1-18-28(45)30(47)32(49)37(54-18)59-36-34(51)39(55-19(2)35(36)58-38-33(50)31(48)29(46)26(16-43)57-38)56-22-9-12-40(3)21(15-22)6-7-25-24(40)10-13-41(4)23(11-14-42(25,41)52)20-5-8-27(44)53-17-20/h5,8,15,17-19,22-26,28-39,43,45-52H,6-7,9-14,16H2,1-4H3/t18-,19-,22-,23-,24+,25-,26+,28-,29+,30-,31-,32-,33+,34-,35-,36+,37+,38-,39-,40+,41+,42+/m1/s1. The summed E-state index contributed by atoms with van der Waals surface area (Å²) in [6, 6.07) is 3.29. The van der Waals surface area contributed by atoms with Crippen LogP contribution in [0.5, 0.6) is 0 Å². The molecule has 0 bridgehead atoms. The maximum absolute atomic E-state index is 12.7. The van der Waals surface area contributed by atoms with Crippen molar-refractivity contribution in [3.8, 4) is 0 Å². The molecule has 3 saturated carbocycles. The number of aliphatic hydroxyl groups excluding tert-OH is 8. The van der Waals surface area contributed by atoms with Gasteiger partial charge in [0.15, 0.2) is 18.9 Å². The molecule has 0 radical (unpaired) electrons. The normalized spacial score (nSPS) is 52.6. The molecule has 3 saturated heterocycles. The van der Waals surface area contributed by atoms with Crippen molar-refractivity contribution >= 4 is 0 Å². The van der Waals surface area contributed by atoms with Crippen molar-refractivity contribution < 1.29 is 78.8 Å². The summed E-state index contributed by atoms with van der Waals surface area (Å²) in [4.78, 5) is 11.7. The Bertz CT molecular complexity index is 1720. The van der Waals surface area contributed by atoms with Crippen molar-refractivity contribution in [3.63, 3.8) is 0 Å². The van der Waals surface area contributed by atoms with Crippen molar-refractivity contribution in [2.24, 2.45) is 22.7 Å². The molecule has 0 aromatic carbocycles. The van der Waals surface area contributed by atoms with Crippen molar-refractivity contribution in [1.29, 1.82) is 0 Å². The van der Waals surface area contributed by atoms with Gasteiger partial charge >= 0.3 is 5.63 Å². The van der Waals surface area contributed by atoms with E-state index in [-0.39, 0.29) is 28.6 Å². The van der Waals surface area contributed by atoms with Crippen molar-refractivity contribution in [2.75, 3.05) is 6.61 Å². The molecule has 0 unspecified atom stereocenters. The van der Waals surface area contributed by atoms with Gasteiger partial charge in [-0.1, -0.05) is 25.5 Å². The van der Waals surface area contributed by atoms with Gasteiger partial charge in [0.1, 0.15) is 61.0 Å². The van der Waals surface area contributed by atoms with Crippen LogP contribution in [0.1, 0.15) is 90.5 Å². The summed E-state index contributed by atoms with van der Waals surface area (Å²) >= 11 is 0. The van der Waals surface area contributed by atoms with Crippen LogP contribution in [0.25, 0.3) is 0 Å².